The molecule has 0 saturated carbocycles. The first-order valence-corrected chi connectivity index (χ1v) is 5.26. The van der Waals surface area contributed by atoms with Crippen molar-refractivity contribution in [2.24, 2.45) is 0 Å². The van der Waals surface area contributed by atoms with Gasteiger partial charge in [-0.2, -0.15) is 5.10 Å². The number of hydrogen-bond donors (Lipinski definition) is 2. The zero-order chi connectivity index (χ0) is 11.4. The molecule has 2 heterocycles. The topological polar surface area (TPSA) is 68.8 Å². The zero-order valence-corrected chi connectivity index (χ0v) is 9.35. The summed E-state index contributed by atoms with van der Waals surface area (Å²) in [4.78, 5) is 4.10. The Kier molecular flexibility index (Phi) is 3.26. The van der Waals surface area contributed by atoms with Gasteiger partial charge in [-0.25, -0.2) is 4.98 Å². The first kappa shape index (κ1) is 10.8. The molecule has 5 nitrogen and oxygen atoms in total. The lowest BCUT2D eigenvalue weighted by molar-refractivity contribution is 0.637. The lowest BCUT2D eigenvalue weighted by atomic mass is 10.4. The van der Waals surface area contributed by atoms with Crippen LogP contribution in [0.3, 0.4) is 0 Å². The number of hydrogen-bond acceptors (Lipinski definition) is 4. The highest BCUT2D eigenvalue weighted by Gasteiger charge is 2.00. The maximum atomic E-state index is 5.75. The fourth-order valence-corrected chi connectivity index (χ4v) is 1.49. The third kappa shape index (κ3) is 2.64. The van der Waals surface area contributed by atoms with E-state index in [-0.39, 0.29) is 0 Å². The van der Waals surface area contributed by atoms with Gasteiger partial charge < -0.3 is 11.1 Å². The van der Waals surface area contributed by atoms with Crippen molar-refractivity contribution in [3.05, 3.63) is 35.7 Å². The molecule has 0 bridgehead atoms. The minimum atomic E-state index is 0.537. The number of anilines is 2. The molecule has 2 rings (SSSR count). The van der Waals surface area contributed by atoms with Crippen LogP contribution in [0.15, 0.2) is 30.7 Å². The van der Waals surface area contributed by atoms with E-state index in [0.29, 0.717) is 23.1 Å². The molecular formula is C10H12ClN5. The summed E-state index contributed by atoms with van der Waals surface area (Å²) >= 11 is 5.75. The highest BCUT2D eigenvalue weighted by atomic mass is 35.5. The van der Waals surface area contributed by atoms with Gasteiger partial charge in [0, 0.05) is 25.1 Å². The van der Waals surface area contributed by atoms with Crippen LogP contribution < -0.4 is 11.1 Å². The minimum Gasteiger partial charge on any atom is -0.396 e. The Labute approximate surface area is 98.2 Å². The Balaban J connectivity index is 1.90. The standard InChI is InChI=1S/C10H12ClN5/c11-8-6-9(12)10(14-7-8)13-3-5-16-4-1-2-15-16/h1-2,4,6-7H,3,5,12H2,(H,13,14). The van der Waals surface area contributed by atoms with Crippen molar-refractivity contribution in [3.8, 4) is 0 Å². The van der Waals surface area contributed by atoms with E-state index in [1.165, 1.54) is 0 Å². The number of nitrogens with two attached hydrogens (primary N) is 1. The average Bonchev–Trinajstić information content (AvgIpc) is 2.74. The summed E-state index contributed by atoms with van der Waals surface area (Å²) in [5.41, 5.74) is 6.30. The molecule has 6 heteroatoms. The van der Waals surface area contributed by atoms with Gasteiger partial charge in [-0.3, -0.25) is 4.68 Å². The predicted molar refractivity (Wildman–Crippen MR) is 64.4 cm³/mol. The molecule has 0 unspecified atom stereocenters. The molecule has 84 valence electrons. The van der Waals surface area contributed by atoms with Crippen LogP contribution in [0.4, 0.5) is 11.5 Å². The molecule has 3 N–H and O–H groups in total. The van der Waals surface area contributed by atoms with E-state index in [1.807, 2.05) is 16.9 Å². The van der Waals surface area contributed by atoms with Crippen LogP contribution in [0, 0.1) is 0 Å². The van der Waals surface area contributed by atoms with Crippen LogP contribution in [0.25, 0.3) is 0 Å². The van der Waals surface area contributed by atoms with Crippen molar-refractivity contribution < 1.29 is 0 Å². The maximum absolute atomic E-state index is 5.75. The molecule has 0 saturated heterocycles. The number of rotatable bonds is 4. The highest BCUT2D eigenvalue weighted by molar-refractivity contribution is 6.30. The maximum Gasteiger partial charge on any atom is 0.149 e. The number of nitrogens with zero attached hydrogens (tertiary/aromatic N) is 3. The van der Waals surface area contributed by atoms with Crippen LogP contribution in [-0.2, 0) is 6.54 Å². The summed E-state index contributed by atoms with van der Waals surface area (Å²) in [6, 6.07) is 3.56. The number of halogens is 1. The van der Waals surface area contributed by atoms with E-state index in [1.54, 1.807) is 18.5 Å². The lowest BCUT2D eigenvalue weighted by Gasteiger charge is -2.08. The molecule has 0 aliphatic heterocycles. The van der Waals surface area contributed by atoms with Crippen LogP contribution in [0.1, 0.15) is 0 Å². The SMILES string of the molecule is Nc1cc(Cl)cnc1NCCn1cccn1. The summed E-state index contributed by atoms with van der Waals surface area (Å²) in [6.45, 7) is 1.47. The molecular weight excluding hydrogens is 226 g/mol. The van der Waals surface area contributed by atoms with Crippen molar-refractivity contribution >= 4 is 23.1 Å². The van der Waals surface area contributed by atoms with Crippen LogP contribution in [-0.4, -0.2) is 21.3 Å². The van der Waals surface area contributed by atoms with Crippen LogP contribution in [0.5, 0.6) is 0 Å². The van der Waals surface area contributed by atoms with Crippen molar-refractivity contribution in [1.29, 1.82) is 0 Å². The molecule has 16 heavy (non-hydrogen) atoms. The summed E-state index contributed by atoms with van der Waals surface area (Å²) in [7, 11) is 0. The summed E-state index contributed by atoms with van der Waals surface area (Å²) in [5, 5.41) is 7.75. The van der Waals surface area contributed by atoms with Crippen molar-refractivity contribution in [3.63, 3.8) is 0 Å². The van der Waals surface area contributed by atoms with Gasteiger partial charge >= 0.3 is 0 Å². The van der Waals surface area contributed by atoms with Crippen LogP contribution >= 0.6 is 11.6 Å². The second-order valence-corrected chi connectivity index (χ2v) is 3.72. The Hall–Kier alpha value is -1.75. The predicted octanol–water partition coefficient (Wildman–Crippen LogP) is 1.63. The van der Waals surface area contributed by atoms with Crippen molar-refractivity contribution in [1.82, 2.24) is 14.8 Å². The van der Waals surface area contributed by atoms with E-state index < -0.39 is 0 Å². The van der Waals surface area contributed by atoms with Gasteiger partial charge in [0.2, 0.25) is 0 Å². The normalized spacial score (nSPS) is 10.3. The van der Waals surface area contributed by atoms with E-state index >= 15 is 0 Å². The number of pyridine rings is 1. The van der Waals surface area contributed by atoms with Gasteiger partial charge in [0.05, 0.1) is 17.3 Å². The van der Waals surface area contributed by atoms with E-state index in [4.69, 9.17) is 17.3 Å². The summed E-state index contributed by atoms with van der Waals surface area (Å²) < 4.78 is 1.83. The smallest absolute Gasteiger partial charge is 0.149 e. The summed E-state index contributed by atoms with van der Waals surface area (Å²) in [6.07, 6.45) is 5.21. The second-order valence-electron chi connectivity index (χ2n) is 3.29. The van der Waals surface area contributed by atoms with Crippen LogP contribution in [0.2, 0.25) is 5.02 Å². The summed E-state index contributed by atoms with van der Waals surface area (Å²) in [5.74, 6) is 0.650. The van der Waals surface area contributed by atoms with Gasteiger partial charge in [-0.05, 0) is 12.1 Å². The minimum absolute atomic E-state index is 0.537. The van der Waals surface area contributed by atoms with E-state index in [2.05, 4.69) is 15.4 Å². The number of aromatic nitrogens is 3. The lowest BCUT2D eigenvalue weighted by Crippen LogP contribution is -2.12. The van der Waals surface area contributed by atoms with Gasteiger partial charge in [0.15, 0.2) is 0 Å². The fraction of sp³-hybridized carbons (Fsp3) is 0.200. The zero-order valence-electron chi connectivity index (χ0n) is 8.60. The van der Waals surface area contributed by atoms with E-state index in [9.17, 15) is 0 Å². The number of nitrogen functional groups attached to an aromatic ring is 1. The molecule has 0 aliphatic rings. The molecule has 0 atom stereocenters. The first-order valence-electron chi connectivity index (χ1n) is 4.88. The molecule has 0 amide bonds. The third-order valence-electron chi connectivity index (χ3n) is 2.08. The Morgan fingerprint density at radius 3 is 3.06 bits per heavy atom. The van der Waals surface area contributed by atoms with Crippen molar-refractivity contribution in [2.75, 3.05) is 17.6 Å². The molecule has 0 fully saturated rings. The van der Waals surface area contributed by atoms with Gasteiger partial charge in [0.1, 0.15) is 5.82 Å². The molecule has 0 aromatic carbocycles. The number of nitrogens with one attached hydrogen (secondary N) is 1. The molecule has 2 aromatic rings. The van der Waals surface area contributed by atoms with Crippen molar-refractivity contribution in [2.45, 2.75) is 6.54 Å². The Bertz CT molecular complexity index is 454. The highest BCUT2D eigenvalue weighted by Crippen LogP contribution is 2.18. The molecule has 2 aromatic heterocycles. The first-order chi connectivity index (χ1) is 7.75. The average molecular weight is 238 g/mol. The molecule has 0 spiro atoms. The second kappa shape index (κ2) is 4.85. The fourth-order valence-electron chi connectivity index (χ4n) is 1.32. The quantitative estimate of drug-likeness (QED) is 0.848. The molecule has 0 aliphatic carbocycles. The molecule has 0 radical (unpaired) electrons. The Morgan fingerprint density at radius 2 is 2.38 bits per heavy atom. The van der Waals surface area contributed by atoms with Gasteiger partial charge in [0.25, 0.3) is 0 Å². The van der Waals surface area contributed by atoms with Gasteiger partial charge in [-0.15, -0.1) is 0 Å². The third-order valence-corrected chi connectivity index (χ3v) is 2.28. The largest absolute Gasteiger partial charge is 0.396 e. The van der Waals surface area contributed by atoms with Gasteiger partial charge in [-0.1, -0.05) is 11.6 Å². The van der Waals surface area contributed by atoms with E-state index in [0.717, 1.165) is 6.54 Å². The monoisotopic (exact) mass is 237 g/mol. The Morgan fingerprint density at radius 1 is 1.50 bits per heavy atom.